The minimum absolute atomic E-state index is 0.0660. The summed E-state index contributed by atoms with van der Waals surface area (Å²) in [6.45, 7) is 0.812. The lowest BCUT2D eigenvalue weighted by Gasteiger charge is -2.32. The van der Waals surface area contributed by atoms with E-state index in [4.69, 9.17) is 5.73 Å². The highest BCUT2D eigenvalue weighted by Gasteiger charge is 2.23. The number of nitrogens with zero attached hydrogens (tertiary/aromatic N) is 1. The first-order valence-electron chi connectivity index (χ1n) is 5.25. The van der Waals surface area contributed by atoms with Gasteiger partial charge in [-0.2, -0.15) is 0 Å². The Balaban J connectivity index is 2.32. The van der Waals surface area contributed by atoms with Gasteiger partial charge in [-0.3, -0.25) is 0 Å². The third-order valence-corrected chi connectivity index (χ3v) is 2.75. The van der Waals surface area contributed by atoms with Crippen LogP contribution < -0.4 is 10.6 Å². The number of aliphatic hydroxyl groups excluding tert-OH is 1. The van der Waals surface area contributed by atoms with Crippen molar-refractivity contribution in [3.63, 3.8) is 0 Å². The maximum absolute atomic E-state index is 13.6. The van der Waals surface area contributed by atoms with Gasteiger partial charge in [-0.1, -0.05) is 0 Å². The summed E-state index contributed by atoms with van der Waals surface area (Å²) in [5, 5.41) is 9.47. The number of hydrogen-bond acceptors (Lipinski definition) is 3. The summed E-state index contributed by atoms with van der Waals surface area (Å²) in [5.41, 5.74) is 5.31. The van der Waals surface area contributed by atoms with Gasteiger partial charge in [0.25, 0.3) is 0 Å². The average molecular weight is 228 g/mol. The maximum Gasteiger partial charge on any atom is 0.151 e. The van der Waals surface area contributed by atoms with Crippen LogP contribution in [0.2, 0.25) is 0 Å². The minimum Gasteiger partial charge on any atom is -0.399 e. The lowest BCUT2D eigenvalue weighted by atomic mass is 10.1. The Morgan fingerprint density at radius 2 is 1.94 bits per heavy atom. The summed E-state index contributed by atoms with van der Waals surface area (Å²) >= 11 is 0. The molecular weight excluding hydrogens is 214 g/mol. The van der Waals surface area contributed by atoms with Gasteiger partial charge in [0.1, 0.15) is 5.69 Å². The van der Waals surface area contributed by atoms with Crippen LogP contribution in [0.15, 0.2) is 12.1 Å². The summed E-state index contributed by atoms with van der Waals surface area (Å²) < 4.78 is 27.2. The summed E-state index contributed by atoms with van der Waals surface area (Å²) in [5.74, 6) is -1.35. The Morgan fingerprint density at radius 3 is 2.50 bits per heavy atom. The third-order valence-electron chi connectivity index (χ3n) is 2.75. The molecule has 0 spiro atoms. The largest absolute Gasteiger partial charge is 0.399 e. The van der Waals surface area contributed by atoms with Crippen molar-refractivity contribution in [2.24, 2.45) is 0 Å². The van der Waals surface area contributed by atoms with Gasteiger partial charge in [-0.15, -0.1) is 0 Å². The molecule has 1 aliphatic heterocycles. The van der Waals surface area contributed by atoms with Crippen molar-refractivity contribution in [1.82, 2.24) is 0 Å². The van der Waals surface area contributed by atoms with Crippen LogP contribution in [0.5, 0.6) is 0 Å². The van der Waals surface area contributed by atoms with E-state index in [0.29, 0.717) is 13.0 Å². The fourth-order valence-electron chi connectivity index (χ4n) is 2.05. The number of rotatable bonds is 1. The van der Waals surface area contributed by atoms with Crippen LogP contribution in [0.1, 0.15) is 12.8 Å². The zero-order chi connectivity index (χ0) is 11.7. The standard InChI is InChI=1S/C11H14F2N2O/c12-9-4-7(14)5-10(13)11(9)15-3-1-2-8(16)6-15/h4-5,8,16H,1-3,6,14H2. The molecule has 1 aromatic carbocycles. The van der Waals surface area contributed by atoms with Crippen LogP contribution in [0.3, 0.4) is 0 Å². The maximum atomic E-state index is 13.6. The lowest BCUT2D eigenvalue weighted by Crippen LogP contribution is -2.39. The molecule has 88 valence electrons. The number of β-amino-alcohol motifs (C(OH)–C–C–N with tert-alkyl or cyclic N) is 1. The molecule has 0 bridgehead atoms. The molecule has 1 unspecified atom stereocenters. The number of nitrogen functional groups attached to an aromatic ring is 1. The highest BCUT2D eigenvalue weighted by atomic mass is 19.1. The number of benzene rings is 1. The normalized spacial score (nSPS) is 21.2. The van der Waals surface area contributed by atoms with Crippen LogP contribution in [0.4, 0.5) is 20.2 Å². The van der Waals surface area contributed by atoms with Crippen molar-refractivity contribution in [1.29, 1.82) is 0 Å². The van der Waals surface area contributed by atoms with Crippen LogP contribution >= 0.6 is 0 Å². The molecule has 1 atom stereocenters. The second kappa shape index (κ2) is 4.25. The Morgan fingerprint density at radius 1 is 1.31 bits per heavy atom. The van der Waals surface area contributed by atoms with Gasteiger partial charge in [-0.05, 0) is 25.0 Å². The number of piperidine rings is 1. The molecule has 1 saturated heterocycles. The van der Waals surface area contributed by atoms with Crippen molar-refractivity contribution in [3.05, 3.63) is 23.8 Å². The number of hydrogen-bond donors (Lipinski definition) is 2. The molecule has 2 rings (SSSR count). The molecule has 0 saturated carbocycles. The van der Waals surface area contributed by atoms with Crippen LogP contribution in [0, 0.1) is 11.6 Å². The number of halogens is 2. The predicted molar refractivity (Wildman–Crippen MR) is 58.2 cm³/mol. The second-order valence-electron chi connectivity index (χ2n) is 4.08. The van der Waals surface area contributed by atoms with Crippen molar-refractivity contribution in [2.75, 3.05) is 23.7 Å². The molecule has 1 aromatic rings. The highest BCUT2D eigenvalue weighted by molar-refractivity contribution is 5.56. The van der Waals surface area contributed by atoms with Gasteiger partial charge in [0, 0.05) is 18.8 Å². The second-order valence-corrected chi connectivity index (χ2v) is 4.08. The van der Waals surface area contributed by atoms with E-state index in [9.17, 15) is 13.9 Å². The molecule has 1 heterocycles. The summed E-state index contributed by atoms with van der Waals surface area (Å²) in [6.07, 6.45) is 0.879. The molecule has 0 amide bonds. The first-order valence-corrected chi connectivity index (χ1v) is 5.25. The first-order chi connectivity index (χ1) is 7.58. The van der Waals surface area contributed by atoms with Gasteiger partial charge in [0.15, 0.2) is 11.6 Å². The Bertz CT molecular complexity index is 375. The number of aliphatic hydroxyl groups is 1. The molecule has 1 fully saturated rings. The zero-order valence-electron chi connectivity index (χ0n) is 8.79. The average Bonchev–Trinajstić information content (AvgIpc) is 2.15. The molecule has 5 heteroatoms. The van der Waals surface area contributed by atoms with E-state index in [0.717, 1.165) is 18.6 Å². The predicted octanol–water partition coefficient (Wildman–Crippen LogP) is 1.51. The molecule has 0 radical (unpaired) electrons. The summed E-state index contributed by atoms with van der Waals surface area (Å²) in [6, 6.07) is 2.19. The van der Waals surface area contributed by atoms with Crippen molar-refractivity contribution in [3.8, 4) is 0 Å². The number of anilines is 2. The highest BCUT2D eigenvalue weighted by Crippen LogP contribution is 2.28. The Kier molecular flexibility index (Phi) is 2.96. The lowest BCUT2D eigenvalue weighted by molar-refractivity contribution is 0.153. The molecule has 3 nitrogen and oxygen atoms in total. The van der Waals surface area contributed by atoms with E-state index in [1.54, 1.807) is 0 Å². The topological polar surface area (TPSA) is 49.5 Å². The van der Waals surface area contributed by atoms with Gasteiger partial charge >= 0.3 is 0 Å². The smallest absolute Gasteiger partial charge is 0.151 e. The summed E-state index contributed by atoms with van der Waals surface area (Å²) in [7, 11) is 0. The van der Waals surface area contributed by atoms with E-state index in [1.807, 2.05) is 0 Å². The van der Waals surface area contributed by atoms with E-state index in [-0.39, 0.29) is 17.9 Å². The van der Waals surface area contributed by atoms with Gasteiger partial charge in [0.2, 0.25) is 0 Å². The molecular formula is C11H14F2N2O. The van der Waals surface area contributed by atoms with Gasteiger partial charge < -0.3 is 15.7 Å². The summed E-state index contributed by atoms with van der Waals surface area (Å²) in [4.78, 5) is 1.53. The zero-order valence-corrected chi connectivity index (χ0v) is 8.79. The fourth-order valence-corrected chi connectivity index (χ4v) is 2.05. The van der Waals surface area contributed by atoms with E-state index < -0.39 is 17.7 Å². The minimum atomic E-state index is -0.674. The Labute approximate surface area is 92.5 Å². The SMILES string of the molecule is Nc1cc(F)c(N2CCCC(O)C2)c(F)c1. The monoisotopic (exact) mass is 228 g/mol. The fraction of sp³-hybridized carbons (Fsp3) is 0.455. The van der Waals surface area contributed by atoms with Gasteiger partial charge in [0.05, 0.1) is 6.10 Å². The molecule has 1 aliphatic rings. The first kappa shape index (κ1) is 11.1. The third kappa shape index (κ3) is 2.09. The van der Waals surface area contributed by atoms with Crippen LogP contribution in [-0.4, -0.2) is 24.3 Å². The van der Waals surface area contributed by atoms with Crippen molar-refractivity contribution in [2.45, 2.75) is 18.9 Å². The van der Waals surface area contributed by atoms with Crippen molar-refractivity contribution < 1.29 is 13.9 Å². The number of nitrogens with two attached hydrogens (primary N) is 1. The van der Waals surface area contributed by atoms with E-state index >= 15 is 0 Å². The Hall–Kier alpha value is -1.36. The van der Waals surface area contributed by atoms with Crippen LogP contribution in [0.25, 0.3) is 0 Å². The van der Waals surface area contributed by atoms with Crippen molar-refractivity contribution >= 4 is 11.4 Å². The van der Waals surface area contributed by atoms with Crippen LogP contribution in [-0.2, 0) is 0 Å². The molecule has 0 aromatic heterocycles. The molecule has 16 heavy (non-hydrogen) atoms. The molecule has 3 N–H and O–H groups in total. The van der Waals surface area contributed by atoms with Gasteiger partial charge in [-0.25, -0.2) is 8.78 Å². The quantitative estimate of drug-likeness (QED) is 0.716. The van der Waals surface area contributed by atoms with E-state index in [1.165, 1.54) is 4.90 Å². The molecule has 0 aliphatic carbocycles. The van der Waals surface area contributed by atoms with E-state index in [2.05, 4.69) is 0 Å².